The van der Waals surface area contributed by atoms with Crippen LogP contribution in [-0.4, -0.2) is 23.4 Å². The normalized spacial score (nSPS) is 16.0. The van der Waals surface area contributed by atoms with E-state index < -0.39 is 23.7 Å². The van der Waals surface area contributed by atoms with Gasteiger partial charge in [-0.1, -0.05) is 35.9 Å². The van der Waals surface area contributed by atoms with Crippen molar-refractivity contribution < 1.29 is 18.0 Å². The fourth-order valence-electron chi connectivity index (χ4n) is 3.11. The Bertz CT molecular complexity index is 823. The van der Waals surface area contributed by atoms with Crippen LogP contribution in [0, 0.1) is 0 Å². The van der Waals surface area contributed by atoms with Gasteiger partial charge in [0.15, 0.2) is 0 Å². The maximum absolute atomic E-state index is 13.2. The number of alkyl halides is 3. The van der Waals surface area contributed by atoms with Gasteiger partial charge in [0.2, 0.25) is 5.91 Å². The molecule has 0 bridgehead atoms. The van der Waals surface area contributed by atoms with E-state index in [1.807, 2.05) is 23.1 Å². The fraction of sp³-hybridized carbons (Fsp3) is 0.316. The SMILES string of the molecule is C[C@@H](C(=O)Nc1ccc(Cl)cc1C(F)(F)F)N1CCc2ccccc2C1. The van der Waals surface area contributed by atoms with E-state index in [1.54, 1.807) is 6.92 Å². The maximum atomic E-state index is 13.2. The van der Waals surface area contributed by atoms with Crippen molar-refractivity contribution >= 4 is 23.2 Å². The van der Waals surface area contributed by atoms with Crippen molar-refractivity contribution in [3.63, 3.8) is 0 Å². The van der Waals surface area contributed by atoms with Crippen molar-refractivity contribution in [2.45, 2.75) is 32.1 Å². The second kappa shape index (κ2) is 7.29. The first-order valence-corrected chi connectivity index (χ1v) is 8.62. The largest absolute Gasteiger partial charge is 0.418 e. The summed E-state index contributed by atoms with van der Waals surface area (Å²) in [5.41, 5.74) is 1.15. The Morgan fingerprint density at radius 3 is 2.58 bits per heavy atom. The summed E-state index contributed by atoms with van der Waals surface area (Å²) in [5.74, 6) is -0.475. The summed E-state index contributed by atoms with van der Waals surface area (Å²) in [4.78, 5) is 14.5. The Balaban J connectivity index is 1.75. The van der Waals surface area contributed by atoms with E-state index in [0.717, 1.165) is 18.1 Å². The number of hydrogen-bond donors (Lipinski definition) is 1. The van der Waals surface area contributed by atoms with E-state index in [0.29, 0.717) is 13.1 Å². The summed E-state index contributed by atoms with van der Waals surface area (Å²) in [7, 11) is 0. The number of halogens is 4. The molecule has 3 rings (SSSR count). The minimum Gasteiger partial charge on any atom is -0.324 e. The second-order valence-electron chi connectivity index (χ2n) is 6.34. The van der Waals surface area contributed by atoms with E-state index in [9.17, 15) is 18.0 Å². The molecule has 2 aromatic carbocycles. The lowest BCUT2D eigenvalue weighted by molar-refractivity contribution is -0.137. The average Bonchev–Trinajstić information content (AvgIpc) is 2.61. The van der Waals surface area contributed by atoms with Gasteiger partial charge in [-0.2, -0.15) is 13.2 Å². The first-order chi connectivity index (χ1) is 12.3. The molecule has 1 amide bonds. The van der Waals surface area contributed by atoms with Gasteiger partial charge >= 0.3 is 6.18 Å². The molecule has 1 aliphatic heterocycles. The molecule has 26 heavy (non-hydrogen) atoms. The van der Waals surface area contributed by atoms with Crippen molar-refractivity contribution in [1.82, 2.24) is 4.90 Å². The van der Waals surface area contributed by atoms with E-state index in [-0.39, 0.29) is 10.7 Å². The first kappa shape index (κ1) is 18.7. The highest BCUT2D eigenvalue weighted by atomic mass is 35.5. The molecule has 3 nitrogen and oxygen atoms in total. The van der Waals surface area contributed by atoms with Crippen LogP contribution in [0.1, 0.15) is 23.6 Å². The van der Waals surface area contributed by atoms with Gasteiger partial charge < -0.3 is 5.32 Å². The lowest BCUT2D eigenvalue weighted by atomic mass is 9.98. The van der Waals surface area contributed by atoms with E-state index in [1.165, 1.54) is 17.7 Å². The fourth-order valence-corrected chi connectivity index (χ4v) is 3.28. The van der Waals surface area contributed by atoms with Gasteiger partial charge in [-0.3, -0.25) is 9.69 Å². The zero-order valence-corrected chi connectivity index (χ0v) is 14.9. The molecule has 2 aromatic rings. The van der Waals surface area contributed by atoms with E-state index >= 15 is 0 Å². The van der Waals surface area contributed by atoms with Crippen molar-refractivity contribution in [3.8, 4) is 0 Å². The number of fused-ring (bicyclic) bond motifs is 1. The Morgan fingerprint density at radius 1 is 1.19 bits per heavy atom. The van der Waals surface area contributed by atoms with Gasteiger partial charge in [0.05, 0.1) is 17.3 Å². The monoisotopic (exact) mass is 382 g/mol. The highest BCUT2D eigenvalue weighted by Gasteiger charge is 2.35. The summed E-state index contributed by atoms with van der Waals surface area (Å²) < 4.78 is 39.5. The van der Waals surface area contributed by atoms with Crippen molar-refractivity contribution in [2.75, 3.05) is 11.9 Å². The lowest BCUT2D eigenvalue weighted by Gasteiger charge is -2.33. The average molecular weight is 383 g/mol. The summed E-state index contributed by atoms with van der Waals surface area (Å²) in [5, 5.41) is 2.37. The van der Waals surface area contributed by atoms with Crippen molar-refractivity contribution in [2.24, 2.45) is 0 Å². The third-order valence-corrected chi connectivity index (χ3v) is 4.87. The van der Waals surface area contributed by atoms with Gasteiger partial charge in [-0.15, -0.1) is 0 Å². The van der Waals surface area contributed by atoms with Crippen molar-refractivity contribution in [1.29, 1.82) is 0 Å². The summed E-state index contributed by atoms with van der Waals surface area (Å²) in [6.07, 6.45) is -3.79. The number of anilines is 1. The molecule has 1 aliphatic rings. The van der Waals surface area contributed by atoms with Gasteiger partial charge in [0.25, 0.3) is 0 Å². The summed E-state index contributed by atoms with van der Waals surface area (Å²) in [6, 6.07) is 10.8. The van der Waals surface area contributed by atoms with Crippen LogP contribution in [0.25, 0.3) is 0 Å². The first-order valence-electron chi connectivity index (χ1n) is 8.24. The molecule has 0 radical (unpaired) electrons. The second-order valence-corrected chi connectivity index (χ2v) is 6.78. The molecule has 1 heterocycles. The maximum Gasteiger partial charge on any atom is 0.418 e. The third-order valence-electron chi connectivity index (χ3n) is 4.63. The van der Waals surface area contributed by atoms with Gasteiger partial charge in [0.1, 0.15) is 0 Å². The number of carbonyl (C=O) groups is 1. The highest BCUT2D eigenvalue weighted by Crippen LogP contribution is 2.36. The number of hydrogen-bond acceptors (Lipinski definition) is 2. The molecule has 0 aliphatic carbocycles. The minimum absolute atomic E-state index is 0.0315. The van der Waals surface area contributed by atoms with Crippen LogP contribution in [0.15, 0.2) is 42.5 Å². The molecular weight excluding hydrogens is 365 g/mol. The summed E-state index contributed by atoms with van der Waals surface area (Å²) >= 11 is 5.67. The van der Waals surface area contributed by atoms with Crippen LogP contribution in [0.4, 0.5) is 18.9 Å². The van der Waals surface area contributed by atoms with Crippen LogP contribution in [0.3, 0.4) is 0 Å². The zero-order chi connectivity index (χ0) is 18.9. The van der Waals surface area contributed by atoms with Crippen LogP contribution in [-0.2, 0) is 23.9 Å². The van der Waals surface area contributed by atoms with Crippen molar-refractivity contribution in [3.05, 3.63) is 64.2 Å². The molecule has 1 atom stereocenters. The Kier molecular flexibility index (Phi) is 5.25. The third kappa shape index (κ3) is 4.02. The molecule has 7 heteroatoms. The number of nitrogens with one attached hydrogen (secondary N) is 1. The molecule has 138 valence electrons. The molecular formula is C19H18ClF3N2O. The molecule has 0 saturated carbocycles. The highest BCUT2D eigenvalue weighted by molar-refractivity contribution is 6.30. The lowest BCUT2D eigenvalue weighted by Crippen LogP contribution is -2.44. The molecule has 0 spiro atoms. The van der Waals surface area contributed by atoms with Gasteiger partial charge in [0, 0.05) is 18.1 Å². The molecule has 1 N–H and O–H groups in total. The Hall–Kier alpha value is -2.05. The summed E-state index contributed by atoms with van der Waals surface area (Å²) in [6.45, 7) is 2.97. The number of benzene rings is 2. The molecule has 0 unspecified atom stereocenters. The number of nitrogens with zero attached hydrogens (tertiary/aromatic N) is 1. The van der Waals surface area contributed by atoms with Crippen LogP contribution in [0.5, 0.6) is 0 Å². The zero-order valence-electron chi connectivity index (χ0n) is 14.1. The quantitative estimate of drug-likeness (QED) is 0.831. The number of amides is 1. The molecule has 0 saturated heterocycles. The van der Waals surface area contributed by atoms with Crippen LogP contribution in [0.2, 0.25) is 5.02 Å². The predicted octanol–water partition coefficient (Wildman–Crippen LogP) is 4.74. The Morgan fingerprint density at radius 2 is 1.88 bits per heavy atom. The smallest absolute Gasteiger partial charge is 0.324 e. The molecule has 0 fully saturated rings. The van der Waals surface area contributed by atoms with E-state index in [2.05, 4.69) is 11.4 Å². The minimum atomic E-state index is -4.60. The van der Waals surface area contributed by atoms with Gasteiger partial charge in [-0.05, 0) is 42.7 Å². The van der Waals surface area contributed by atoms with Crippen LogP contribution >= 0.6 is 11.6 Å². The number of carbonyl (C=O) groups excluding carboxylic acids is 1. The van der Waals surface area contributed by atoms with Gasteiger partial charge in [-0.25, -0.2) is 0 Å². The molecule has 0 aromatic heterocycles. The Labute approximate surface area is 154 Å². The topological polar surface area (TPSA) is 32.3 Å². The predicted molar refractivity (Wildman–Crippen MR) is 95.1 cm³/mol. The van der Waals surface area contributed by atoms with E-state index in [4.69, 9.17) is 11.6 Å². The number of rotatable bonds is 3. The standard InChI is InChI=1S/C19H18ClF3N2O/c1-12(25-9-8-13-4-2-3-5-14(13)11-25)18(26)24-17-7-6-15(20)10-16(17)19(21,22)23/h2-7,10,12H,8-9,11H2,1H3,(H,24,26)/t12-/m0/s1. The van der Waals surface area contributed by atoms with Crippen LogP contribution < -0.4 is 5.32 Å².